The SMILES string of the molecule is CCCN(C(=S)Nc1cccc(Cl)c1C)[C@@H]1CCS(=O)(=O)C1. The summed E-state index contributed by atoms with van der Waals surface area (Å²) in [6, 6.07) is 5.58. The third kappa shape index (κ3) is 4.12. The first kappa shape index (κ1) is 17.5. The molecule has 7 heteroatoms. The van der Waals surface area contributed by atoms with E-state index in [9.17, 15) is 8.42 Å². The molecule has 0 aliphatic carbocycles. The second-order valence-electron chi connectivity index (χ2n) is 5.59. The van der Waals surface area contributed by atoms with Crippen LogP contribution in [0, 0.1) is 6.92 Å². The molecular weight excluding hydrogens is 340 g/mol. The number of benzene rings is 1. The predicted molar refractivity (Wildman–Crippen MR) is 96.5 cm³/mol. The number of sulfone groups is 1. The molecule has 0 aromatic heterocycles. The van der Waals surface area contributed by atoms with Crippen molar-refractivity contribution in [2.45, 2.75) is 32.7 Å². The van der Waals surface area contributed by atoms with Crippen LogP contribution in [0.25, 0.3) is 0 Å². The Hall–Kier alpha value is -0.850. The van der Waals surface area contributed by atoms with Crippen LogP contribution in [-0.4, -0.2) is 42.5 Å². The molecule has 0 spiro atoms. The van der Waals surface area contributed by atoms with Crippen molar-refractivity contribution in [3.63, 3.8) is 0 Å². The molecule has 1 fully saturated rings. The summed E-state index contributed by atoms with van der Waals surface area (Å²) in [5.41, 5.74) is 1.79. The quantitative estimate of drug-likeness (QED) is 0.835. The Labute approximate surface area is 142 Å². The third-order valence-electron chi connectivity index (χ3n) is 3.88. The number of nitrogens with zero attached hydrogens (tertiary/aromatic N) is 1. The van der Waals surface area contributed by atoms with Gasteiger partial charge in [-0.25, -0.2) is 8.42 Å². The Balaban J connectivity index is 2.15. The van der Waals surface area contributed by atoms with Gasteiger partial charge in [0.2, 0.25) is 0 Å². The molecule has 1 saturated heterocycles. The van der Waals surface area contributed by atoms with Crippen LogP contribution >= 0.6 is 23.8 Å². The van der Waals surface area contributed by atoms with Crippen molar-refractivity contribution < 1.29 is 8.42 Å². The van der Waals surface area contributed by atoms with Crippen LogP contribution in [0.15, 0.2) is 18.2 Å². The number of halogens is 1. The van der Waals surface area contributed by atoms with E-state index >= 15 is 0 Å². The van der Waals surface area contributed by atoms with Crippen molar-refractivity contribution in [2.75, 3.05) is 23.4 Å². The number of hydrogen-bond acceptors (Lipinski definition) is 3. The van der Waals surface area contributed by atoms with Crippen molar-refractivity contribution in [3.05, 3.63) is 28.8 Å². The van der Waals surface area contributed by atoms with Gasteiger partial charge in [0, 0.05) is 23.3 Å². The van der Waals surface area contributed by atoms with Gasteiger partial charge in [-0.2, -0.15) is 0 Å². The molecule has 0 radical (unpaired) electrons. The average molecular weight is 361 g/mol. The Kier molecular flexibility index (Phi) is 5.69. The molecule has 2 rings (SSSR count). The molecule has 1 N–H and O–H groups in total. The summed E-state index contributed by atoms with van der Waals surface area (Å²) in [5.74, 6) is 0.431. The van der Waals surface area contributed by atoms with E-state index in [1.54, 1.807) is 0 Å². The summed E-state index contributed by atoms with van der Waals surface area (Å²) in [7, 11) is -2.93. The lowest BCUT2D eigenvalue weighted by Gasteiger charge is -2.31. The fourth-order valence-electron chi connectivity index (χ4n) is 2.64. The van der Waals surface area contributed by atoms with E-state index in [0.717, 1.165) is 24.2 Å². The minimum absolute atomic E-state index is 0.0376. The van der Waals surface area contributed by atoms with E-state index in [1.807, 2.05) is 30.0 Å². The Morgan fingerprint density at radius 1 is 1.50 bits per heavy atom. The fraction of sp³-hybridized carbons (Fsp3) is 0.533. The normalized spacial score (nSPS) is 19.9. The van der Waals surface area contributed by atoms with Gasteiger partial charge in [-0.1, -0.05) is 24.6 Å². The van der Waals surface area contributed by atoms with E-state index in [2.05, 4.69) is 12.2 Å². The summed E-state index contributed by atoms with van der Waals surface area (Å²) in [6.07, 6.45) is 1.55. The molecule has 0 amide bonds. The highest BCUT2D eigenvalue weighted by molar-refractivity contribution is 7.91. The molecule has 1 aliphatic rings. The van der Waals surface area contributed by atoms with Gasteiger partial charge in [-0.15, -0.1) is 0 Å². The van der Waals surface area contributed by atoms with Gasteiger partial charge in [-0.05, 0) is 49.7 Å². The molecule has 122 valence electrons. The van der Waals surface area contributed by atoms with Crippen LogP contribution in [-0.2, 0) is 9.84 Å². The van der Waals surface area contributed by atoms with Crippen LogP contribution in [0.3, 0.4) is 0 Å². The lowest BCUT2D eigenvalue weighted by molar-refractivity contribution is 0.339. The molecule has 0 saturated carbocycles. The van der Waals surface area contributed by atoms with Crippen molar-refractivity contribution in [2.24, 2.45) is 0 Å². The van der Waals surface area contributed by atoms with Crippen molar-refractivity contribution in [3.8, 4) is 0 Å². The smallest absolute Gasteiger partial charge is 0.173 e. The summed E-state index contributed by atoms with van der Waals surface area (Å²) in [5, 5.41) is 4.46. The highest BCUT2D eigenvalue weighted by Gasteiger charge is 2.33. The molecule has 4 nitrogen and oxygen atoms in total. The van der Waals surface area contributed by atoms with E-state index in [-0.39, 0.29) is 17.5 Å². The number of nitrogens with one attached hydrogen (secondary N) is 1. The molecule has 1 heterocycles. The Bertz CT molecular complexity index is 662. The highest BCUT2D eigenvalue weighted by atomic mass is 35.5. The molecule has 0 unspecified atom stereocenters. The molecular formula is C15H21ClN2O2S2. The third-order valence-corrected chi connectivity index (χ3v) is 6.38. The summed E-state index contributed by atoms with van der Waals surface area (Å²) in [6.45, 7) is 4.73. The molecule has 1 aliphatic heterocycles. The van der Waals surface area contributed by atoms with E-state index < -0.39 is 9.84 Å². The zero-order chi connectivity index (χ0) is 16.3. The van der Waals surface area contributed by atoms with Crippen LogP contribution < -0.4 is 5.32 Å². The van der Waals surface area contributed by atoms with Gasteiger partial charge in [0.25, 0.3) is 0 Å². The molecule has 22 heavy (non-hydrogen) atoms. The van der Waals surface area contributed by atoms with Crippen molar-refractivity contribution >= 4 is 44.5 Å². The monoisotopic (exact) mass is 360 g/mol. The number of thiocarbonyl (C=S) groups is 1. The van der Waals surface area contributed by atoms with Gasteiger partial charge in [-0.3, -0.25) is 0 Å². The molecule has 1 atom stereocenters. The number of rotatable bonds is 4. The lowest BCUT2D eigenvalue weighted by Crippen LogP contribution is -2.44. The first-order valence-electron chi connectivity index (χ1n) is 7.37. The van der Waals surface area contributed by atoms with Crippen LogP contribution in [0.4, 0.5) is 5.69 Å². The van der Waals surface area contributed by atoms with Crippen LogP contribution in [0.1, 0.15) is 25.3 Å². The summed E-state index contributed by atoms with van der Waals surface area (Å²) < 4.78 is 23.4. The minimum atomic E-state index is -2.93. The maximum Gasteiger partial charge on any atom is 0.173 e. The Morgan fingerprint density at radius 3 is 2.82 bits per heavy atom. The maximum atomic E-state index is 11.7. The number of hydrogen-bond donors (Lipinski definition) is 1. The minimum Gasteiger partial charge on any atom is -0.345 e. The Morgan fingerprint density at radius 2 is 2.23 bits per heavy atom. The second kappa shape index (κ2) is 7.15. The van der Waals surface area contributed by atoms with Crippen molar-refractivity contribution in [1.82, 2.24) is 4.90 Å². The lowest BCUT2D eigenvalue weighted by atomic mass is 10.2. The largest absolute Gasteiger partial charge is 0.345 e. The van der Waals surface area contributed by atoms with Gasteiger partial charge >= 0.3 is 0 Å². The summed E-state index contributed by atoms with van der Waals surface area (Å²) >= 11 is 11.6. The highest BCUT2D eigenvalue weighted by Crippen LogP contribution is 2.24. The predicted octanol–water partition coefficient (Wildman–Crippen LogP) is 3.24. The molecule has 1 aromatic rings. The first-order valence-corrected chi connectivity index (χ1v) is 9.98. The second-order valence-corrected chi connectivity index (χ2v) is 8.62. The van der Waals surface area contributed by atoms with Gasteiger partial charge in [0.15, 0.2) is 14.9 Å². The van der Waals surface area contributed by atoms with Crippen LogP contribution in [0.5, 0.6) is 0 Å². The van der Waals surface area contributed by atoms with Gasteiger partial charge < -0.3 is 10.2 Å². The summed E-state index contributed by atoms with van der Waals surface area (Å²) in [4.78, 5) is 2.00. The van der Waals surface area contributed by atoms with Gasteiger partial charge in [0.05, 0.1) is 11.5 Å². The zero-order valence-corrected chi connectivity index (χ0v) is 15.2. The van der Waals surface area contributed by atoms with Crippen LogP contribution in [0.2, 0.25) is 5.02 Å². The first-order chi connectivity index (χ1) is 10.3. The fourth-order valence-corrected chi connectivity index (χ4v) is 4.90. The topological polar surface area (TPSA) is 49.4 Å². The zero-order valence-electron chi connectivity index (χ0n) is 12.8. The average Bonchev–Trinajstić information content (AvgIpc) is 2.81. The maximum absolute atomic E-state index is 11.7. The van der Waals surface area contributed by atoms with E-state index in [4.69, 9.17) is 23.8 Å². The molecule has 0 bridgehead atoms. The van der Waals surface area contributed by atoms with E-state index in [1.165, 1.54) is 0 Å². The van der Waals surface area contributed by atoms with Crippen molar-refractivity contribution in [1.29, 1.82) is 0 Å². The standard InChI is InChI=1S/C15H21ClN2O2S2/c1-3-8-18(12-7-9-22(19,20)10-12)15(21)17-14-6-4-5-13(16)11(14)2/h4-6,12H,3,7-10H2,1-2H3,(H,17,21)/t12-/m1/s1. The molecule has 1 aromatic carbocycles. The van der Waals surface area contributed by atoms with E-state index in [0.29, 0.717) is 16.6 Å². The number of anilines is 1. The van der Waals surface area contributed by atoms with Gasteiger partial charge in [0.1, 0.15) is 0 Å².